The molecular formula is C19H24N2O5S. The van der Waals surface area contributed by atoms with Crippen LogP contribution in [-0.4, -0.2) is 34.3 Å². The molecule has 146 valence electrons. The zero-order valence-electron chi connectivity index (χ0n) is 15.8. The number of ether oxygens (including phenoxy) is 2. The molecule has 0 saturated heterocycles. The van der Waals surface area contributed by atoms with Crippen LogP contribution in [-0.2, 0) is 10.0 Å². The zero-order chi connectivity index (χ0) is 20.0. The van der Waals surface area contributed by atoms with Crippen molar-refractivity contribution >= 4 is 21.6 Å². The molecule has 2 aromatic rings. The molecule has 0 heterocycles. The summed E-state index contributed by atoms with van der Waals surface area (Å²) in [5.41, 5.74) is 1.72. The maximum Gasteiger partial charge on any atom is 0.251 e. The Labute approximate surface area is 159 Å². The fourth-order valence-corrected chi connectivity index (χ4v) is 3.07. The minimum Gasteiger partial charge on any atom is -0.493 e. The van der Waals surface area contributed by atoms with Crippen molar-refractivity contribution in [1.82, 2.24) is 5.32 Å². The zero-order valence-corrected chi connectivity index (χ0v) is 16.6. The van der Waals surface area contributed by atoms with E-state index in [1.54, 1.807) is 51.5 Å². The van der Waals surface area contributed by atoms with Crippen molar-refractivity contribution in [3.8, 4) is 11.5 Å². The number of hydrogen-bond acceptors (Lipinski definition) is 5. The molecule has 0 aliphatic carbocycles. The normalized spacial score (nSPS) is 12.1. The number of hydrogen-bond donors (Lipinski definition) is 2. The van der Waals surface area contributed by atoms with Crippen LogP contribution in [0.25, 0.3) is 0 Å². The Balaban J connectivity index is 2.08. The first-order valence-corrected chi connectivity index (χ1v) is 10.1. The van der Waals surface area contributed by atoms with Gasteiger partial charge in [0.1, 0.15) is 0 Å². The summed E-state index contributed by atoms with van der Waals surface area (Å²) in [6, 6.07) is 11.5. The highest BCUT2D eigenvalue weighted by atomic mass is 32.2. The molecule has 0 spiro atoms. The quantitative estimate of drug-likeness (QED) is 0.720. The molecule has 1 atom stereocenters. The molecule has 0 radical (unpaired) electrons. The van der Waals surface area contributed by atoms with Crippen LogP contribution in [0.4, 0.5) is 5.69 Å². The number of benzene rings is 2. The highest BCUT2D eigenvalue weighted by Crippen LogP contribution is 2.30. The number of amides is 1. The van der Waals surface area contributed by atoms with Crippen molar-refractivity contribution in [3.63, 3.8) is 0 Å². The standard InChI is InChI=1S/C19H24N2O5S/c1-5-27(23,24)21-16-9-6-14(7-10-16)19(22)20-13(2)15-8-11-17(25-3)18(12-15)26-4/h6-13,21H,5H2,1-4H3,(H,20,22)/t13-/m1/s1. The Morgan fingerprint density at radius 1 is 1.04 bits per heavy atom. The lowest BCUT2D eigenvalue weighted by atomic mass is 10.1. The predicted molar refractivity (Wildman–Crippen MR) is 105 cm³/mol. The highest BCUT2D eigenvalue weighted by Gasteiger charge is 2.14. The summed E-state index contributed by atoms with van der Waals surface area (Å²) in [7, 11) is -0.228. The molecule has 0 aliphatic heterocycles. The Morgan fingerprint density at radius 2 is 1.67 bits per heavy atom. The maximum absolute atomic E-state index is 12.5. The van der Waals surface area contributed by atoms with Crippen LogP contribution >= 0.6 is 0 Å². The maximum atomic E-state index is 12.5. The second kappa shape index (κ2) is 8.77. The van der Waals surface area contributed by atoms with Gasteiger partial charge in [-0.15, -0.1) is 0 Å². The van der Waals surface area contributed by atoms with Gasteiger partial charge in [-0.3, -0.25) is 9.52 Å². The molecular weight excluding hydrogens is 368 g/mol. The van der Waals surface area contributed by atoms with E-state index in [1.165, 1.54) is 0 Å². The van der Waals surface area contributed by atoms with Crippen molar-refractivity contribution in [2.75, 3.05) is 24.7 Å². The van der Waals surface area contributed by atoms with E-state index >= 15 is 0 Å². The first kappa shape index (κ1) is 20.6. The summed E-state index contributed by atoms with van der Waals surface area (Å²) in [4.78, 5) is 12.5. The first-order chi connectivity index (χ1) is 12.8. The van der Waals surface area contributed by atoms with Gasteiger partial charge in [-0.1, -0.05) is 6.07 Å². The van der Waals surface area contributed by atoms with Crippen LogP contribution in [0.2, 0.25) is 0 Å². The number of nitrogens with one attached hydrogen (secondary N) is 2. The second-order valence-electron chi connectivity index (χ2n) is 5.89. The van der Waals surface area contributed by atoms with Gasteiger partial charge in [0.05, 0.1) is 26.0 Å². The van der Waals surface area contributed by atoms with Gasteiger partial charge in [-0.05, 0) is 55.8 Å². The van der Waals surface area contributed by atoms with Crippen molar-refractivity contribution in [2.24, 2.45) is 0 Å². The minimum atomic E-state index is -3.35. The summed E-state index contributed by atoms with van der Waals surface area (Å²) in [5, 5.41) is 2.91. The van der Waals surface area contributed by atoms with Crippen molar-refractivity contribution < 1.29 is 22.7 Å². The largest absolute Gasteiger partial charge is 0.493 e. The van der Waals surface area contributed by atoms with Crippen molar-refractivity contribution in [3.05, 3.63) is 53.6 Å². The summed E-state index contributed by atoms with van der Waals surface area (Å²) >= 11 is 0. The number of carbonyl (C=O) groups is 1. The van der Waals surface area contributed by atoms with E-state index in [-0.39, 0.29) is 17.7 Å². The van der Waals surface area contributed by atoms with Gasteiger partial charge in [0.2, 0.25) is 10.0 Å². The topological polar surface area (TPSA) is 93.7 Å². The first-order valence-electron chi connectivity index (χ1n) is 8.43. The van der Waals surface area contributed by atoms with E-state index in [4.69, 9.17) is 9.47 Å². The van der Waals surface area contributed by atoms with Gasteiger partial charge in [-0.25, -0.2) is 8.42 Å². The lowest BCUT2D eigenvalue weighted by Gasteiger charge is -2.17. The van der Waals surface area contributed by atoms with Gasteiger partial charge in [0, 0.05) is 11.3 Å². The number of anilines is 1. The fraction of sp³-hybridized carbons (Fsp3) is 0.316. The van der Waals surface area contributed by atoms with Crippen molar-refractivity contribution in [2.45, 2.75) is 19.9 Å². The molecule has 0 aliphatic rings. The number of carbonyl (C=O) groups excluding carboxylic acids is 1. The van der Waals surface area contributed by atoms with Crippen LogP contribution in [0.5, 0.6) is 11.5 Å². The average molecular weight is 392 g/mol. The number of methoxy groups -OCH3 is 2. The molecule has 2 N–H and O–H groups in total. The van der Waals surface area contributed by atoms with Gasteiger partial charge >= 0.3 is 0 Å². The molecule has 2 aromatic carbocycles. The minimum absolute atomic E-state index is 0.0158. The van der Waals surface area contributed by atoms with Crippen LogP contribution in [0.1, 0.15) is 35.8 Å². The van der Waals surface area contributed by atoms with Crippen LogP contribution in [0.3, 0.4) is 0 Å². The molecule has 7 nitrogen and oxygen atoms in total. The highest BCUT2D eigenvalue weighted by molar-refractivity contribution is 7.92. The van der Waals surface area contributed by atoms with E-state index < -0.39 is 10.0 Å². The van der Waals surface area contributed by atoms with Gasteiger partial charge < -0.3 is 14.8 Å². The molecule has 0 unspecified atom stereocenters. The third-order valence-electron chi connectivity index (χ3n) is 4.06. The monoisotopic (exact) mass is 392 g/mol. The molecule has 2 rings (SSSR count). The Kier molecular flexibility index (Phi) is 6.68. The van der Waals surface area contributed by atoms with Crippen LogP contribution in [0, 0.1) is 0 Å². The van der Waals surface area contributed by atoms with E-state index in [0.29, 0.717) is 22.7 Å². The summed E-state index contributed by atoms with van der Waals surface area (Å²) in [5.74, 6) is 0.925. The Bertz CT molecular complexity index is 895. The van der Waals surface area contributed by atoms with E-state index in [0.717, 1.165) is 5.56 Å². The Morgan fingerprint density at radius 3 is 2.22 bits per heavy atom. The average Bonchev–Trinajstić information content (AvgIpc) is 2.67. The number of sulfonamides is 1. The third-order valence-corrected chi connectivity index (χ3v) is 5.36. The van der Waals surface area contributed by atoms with E-state index in [1.807, 2.05) is 19.1 Å². The molecule has 0 aromatic heterocycles. The molecule has 0 fully saturated rings. The SMILES string of the molecule is CCS(=O)(=O)Nc1ccc(C(=O)N[C@H](C)c2ccc(OC)c(OC)c2)cc1. The van der Waals surface area contributed by atoms with Gasteiger partial charge in [-0.2, -0.15) is 0 Å². The van der Waals surface area contributed by atoms with Gasteiger partial charge in [0.15, 0.2) is 11.5 Å². The number of rotatable bonds is 8. The Hall–Kier alpha value is -2.74. The van der Waals surface area contributed by atoms with Gasteiger partial charge in [0.25, 0.3) is 5.91 Å². The molecule has 27 heavy (non-hydrogen) atoms. The smallest absolute Gasteiger partial charge is 0.251 e. The van der Waals surface area contributed by atoms with Crippen molar-refractivity contribution in [1.29, 1.82) is 0 Å². The second-order valence-corrected chi connectivity index (χ2v) is 7.90. The third kappa shape index (κ3) is 5.37. The molecule has 1 amide bonds. The lowest BCUT2D eigenvalue weighted by molar-refractivity contribution is 0.0940. The summed E-state index contributed by atoms with van der Waals surface area (Å²) in [6.07, 6.45) is 0. The van der Waals surface area contributed by atoms with E-state index in [9.17, 15) is 13.2 Å². The summed E-state index contributed by atoms with van der Waals surface area (Å²) < 4.78 is 36.1. The van der Waals surface area contributed by atoms with Crippen LogP contribution < -0.4 is 19.5 Å². The van der Waals surface area contributed by atoms with Crippen LogP contribution in [0.15, 0.2) is 42.5 Å². The predicted octanol–water partition coefficient (Wildman–Crippen LogP) is 2.96. The molecule has 8 heteroatoms. The molecule has 0 saturated carbocycles. The van der Waals surface area contributed by atoms with E-state index in [2.05, 4.69) is 10.0 Å². The lowest BCUT2D eigenvalue weighted by Crippen LogP contribution is -2.26. The molecule has 0 bridgehead atoms. The summed E-state index contributed by atoms with van der Waals surface area (Å²) in [6.45, 7) is 3.42. The fourth-order valence-electron chi connectivity index (χ4n) is 2.43.